The Kier molecular flexibility index (Phi) is 8.44. The largest absolute Gasteiger partial charge is 0.497 e. The molecule has 2 N–H and O–H groups in total. The Bertz CT molecular complexity index is 1160. The summed E-state index contributed by atoms with van der Waals surface area (Å²) in [6, 6.07) is 14.1. The minimum absolute atomic E-state index is 0.105. The molecule has 2 aliphatic rings. The molecule has 2 aromatic rings. The number of hydrogen-bond donors (Lipinski definition) is 2. The van der Waals surface area contributed by atoms with E-state index < -0.39 is 35.4 Å². The van der Waals surface area contributed by atoms with E-state index in [0.717, 1.165) is 41.9 Å². The van der Waals surface area contributed by atoms with Gasteiger partial charge in [-0.05, 0) is 68.1 Å². The number of carbonyl (C=O) groups is 2. The molecule has 2 amide bonds. The summed E-state index contributed by atoms with van der Waals surface area (Å²) in [6.45, 7) is 0.450. The summed E-state index contributed by atoms with van der Waals surface area (Å²) in [6.07, 6.45) is -2.15. The molecule has 0 bridgehead atoms. The number of piperidine rings is 1. The molecular weight excluding hydrogens is 513 g/mol. The zero-order chi connectivity index (χ0) is 28.4. The van der Waals surface area contributed by atoms with Gasteiger partial charge in [0.1, 0.15) is 5.75 Å². The summed E-state index contributed by atoms with van der Waals surface area (Å²) < 4.78 is 47.3. The van der Waals surface area contributed by atoms with Crippen molar-refractivity contribution in [3.8, 4) is 5.75 Å². The lowest BCUT2D eigenvalue weighted by atomic mass is 9.71. The average Bonchev–Trinajstić information content (AvgIpc) is 2.89. The van der Waals surface area contributed by atoms with Crippen LogP contribution in [0.3, 0.4) is 0 Å². The van der Waals surface area contributed by atoms with Gasteiger partial charge in [0, 0.05) is 31.2 Å². The SMILES string of the molecule is COc1cccc(C(O)(C(=O)N(C)C2CC(CC3CCN(C(=O)O)C(Cc4ccccc4)C3)C2)C(F)(F)F)c1. The molecule has 10 heteroatoms. The van der Waals surface area contributed by atoms with Gasteiger partial charge in [-0.25, -0.2) is 4.79 Å². The molecule has 0 radical (unpaired) electrons. The summed E-state index contributed by atoms with van der Waals surface area (Å²) in [4.78, 5) is 27.4. The predicted molar refractivity (Wildman–Crippen MR) is 138 cm³/mol. The number of hydrogen-bond acceptors (Lipinski definition) is 4. The molecule has 3 unspecified atom stereocenters. The third kappa shape index (κ3) is 6.00. The fourth-order valence-electron chi connectivity index (χ4n) is 6.04. The molecule has 0 aromatic heterocycles. The van der Waals surface area contributed by atoms with Crippen LogP contribution in [0.25, 0.3) is 0 Å². The van der Waals surface area contributed by atoms with Crippen molar-refractivity contribution in [2.75, 3.05) is 20.7 Å². The van der Waals surface area contributed by atoms with Gasteiger partial charge in [-0.15, -0.1) is 0 Å². The number of carbonyl (C=O) groups excluding carboxylic acids is 1. The maximum Gasteiger partial charge on any atom is 0.430 e. The standard InChI is InChI=1S/C29H35F3N2O5/c1-33(26(35)28(38,29(30,31)32)22-9-6-10-25(18-22)39-2)23-16-21(17-23)13-20-11-12-34(27(36)37)24(15-20)14-19-7-4-3-5-8-19/h3-10,18,20-21,23-24,38H,11-17H2,1-2H3,(H,36,37). The van der Waals surface area contributed by atoms with Crippen molar-refractivity contribution in [2.24, 2.45) is 11.8 Å². The van der Waals surface area contributed by atoms with Gasteiger partial charge in [0.2, 0.25) is 0 Å². The monoisotopic (exact) mass is 548 g/mol. The smallest absolute Gasteiger partial charge is 0.430 e. The minimum atomic E-state index is -5.22. The number of halogens is 3. The Morgan fingerprint density at radius 1 is 1.05 bits per heavy atom. The first kappa shape index (κ1) is 28.7. The topological polar surface area (TPSA) is 90.3 Å². The second-order valence-corrected chi connectivity index (χ2v) is 10.8. The number of methoxy groups -OCH3 is 1. The molecule has 1 saturated heterocycles. The predicted octanol–water partition coefficient (Wildman–Crippen LogP) is 5.07. The number of alkyl halides is 3. The Morgan fingerprint density at radius 3 is 2.36 bits per heavy atom. The molecule has 2 fully saturated rings. The third-order valence-electron chi connectivity index (χ3n) is 8.34. The highest BCUT2D eigenvalue weighted by Crippen LogP contribution is 2.44. The van der Waals surface area contributed by atoms with Crippen molar-refractivity contribution in [3.63, 3.8) is 0 Å². The molecule has 7 nitrogen and oxygen atoms in total. The van der Waals surface area contributed by atoms with Crippen LogP contribution in [0.1, 0.15) is 43.2 Å². The molecule has 0 spiro atoms. The highest BCUT2D eigenvalue weighted by Gasteiger charge is 2.62. The van der Waals surface area contributed by atoms with Gasteiger partial charge in [-0.3, -0.25) is 4.79 Å². The highest BCUT2D eigenvalue weighted by molar-refractivity contribution is 5.87. The molecule has 1 saturated carbocycles. The van der Waals surface area contributed by atoms with E-state index in [2.05, 4.69) is 0 Å². The molecule has 1 aliphatic heterocycles. The van der Waals surface area contributed by atoms with Crippen molar-refractivity contribution < 1.29 is 37.7 Å². The Balaban J connectivity index is 1.38. The Morgan fingerprint density at radius 2 is 1.74 bits per heavy atom. The molecule has 1 aliphatic carbocycles. The van der Waals surface area contributed by atoms with Crippen molar-refractivity contribution in [3.05, 3.63) is 65.7 Å². The zero-order valence-corrected chi connectivity index (χ0v) is 22.1. The first-order valence-electron chi connectivity index (χ1n) is 13.2. The van der Waals surface area contributed by atoms with Gasteiger partial charge in [-0.2, -0.15) is 13.2 Å². The number of carboxylic acid groups (broad SMARTS) is 1. The van der Waals surface area contributed by atoms with Gasteiger partial charge >= 0.3 is 12.3 Å². The lowest BCUT2D eigenvalue weighted by Gasteiger charge is -2.46. The molecule has 4 rings (SSSR count). The van der Waals surface area contributed by atoms with Crippen molar-refractivity contribution >= 4 is 12.0 Å². The molecule has 2 aromatic carbocycles. The fraction of sp³-hybridized carbons (Fsp3) is 0.517. The van der Waals surface area contributed by atoms with E-state index in [1.54, 1.807) is 0 Å². The van der Waals surface area contributed by atoms with Crippen LogP contribution in [0.15, 0.2) is 54.6 Å². The van der Waals surface area contributed by atoms with Gasteiger partial charge < -0.3 is 24.7 Å². The summed E-state index contributed by atoms with van der Waals surface area (Å²) >= 11 is 0. The molecule has 212 valence electrons. The molecule has 1 heterocycles. The van der Waals surface area contributed by atoms with E-state index in [-0.39, 0.29) is 17.7 Å². The summed E-state index contributed by atoms with van der Waals surface area (Å²) in [7, 11) is 2.60. The van der Waals surface area contributed by atoms with Crippen LogP contribution >= 0.6 is 0 Å². The number of likely N-dealkylation sites (tertiary alicyclic amines) is 1. The first-order valence-corrected chi connectivity index (χ1v) is 13.2. The fourth-order valence-corrected chi connectivity index (χ4v) is 6.04. The van der Waals surface area contributed by atoms with Crippen LogP contribution in [-0.2, 0) is 16.8 Å². The van der Waals surface area contributed by atoms with Crippen molar-refractivity contribution in [1.82, 2.24) is 9.80 Å². The Hall–Kier alpha value is -3.27. The highest BCUT2D eigenvalue weighted by atomic mass is 19.4. The van der Waals surface area contributed by atoms with Crippen LogP contribution in [0.4, 0.5) is 18.0 Å². The number of aliphatic hydroxyl groups is 1. The quantitative estimate of drug-likeness (QED) is 0.481. The third-order valence-corrected chi connectivity index (χ3v) is 8.34. The van der Waals surface area contributed by atoms with Crippen LogP contribution in [0, 0.1) is 11.8 Å². The number of nitrogens with zero attached hydrogens (tertiary/aromatic N) is 2. The van der Waals surface area contributed by atoms with Crippen LogP contribution in [-0.4, -0.2) is 71.0 Å². The van der Waals surface area contributed by atoms with Gasteiger partial charge in [0.15, 0.2) is 0 Å². The van der Waals surface area contributed by atoms with Crippen molar-refractivity contribution in [1.29, 1.82) is 0 Å². The normalized spacial score (nSPS) is 24.8. The van der Waals surface area contributed by atoms with Crippen LogP contribution in [0.2, 0.25) is 0 Å². The van der Waals surface area contributed by atoms with Crippen LogP contribution in [0.5, 0.6) is 5.75 Å². The van der Waals surface area contributed by atoms with Crippen LogP contribution < -0.4 is 4.74 Å². The van der Waals surface area contributed by atoms with Crippen molar-refractivity contribution in [2.45, 2.75) is 62.4 Å². The second kappa shape index (κ2) is 11.5. The summed E-state index contributed by atoms with van der Waals surface area (Å²) in [5.41, 5.74) is -3.20. The minimum Gasteiger partial charge on any atom is -0.497 e. The number of likely N-dealkylation sites (N-methyl/N-ethyl adjacent to an activating group) is 1. The molecule has 39 heavy (non-hydrogen) atoms. The summed E-state index contributed by atoms with van der Waals surface area (Å²) in [5, 5.41) is 20.4. The van der Waals surface area contributed by atoms with E-state index in [1.807, 2.05) is 30.3 Å². The van der Waals surface area contributed by atoms with E-state index in [0.29, 0.717) is 31.7 Å². The van der Waals surface area contributed by atoms with Gasteiger partial charge in [0.25, 0.3) is 11.5 Å². The second-order valence-electron chi connectivity index (χ2n) is 10.8. The van der Waals surface area contributed by atoms with Gasteiger partial charge in [0.05, 0.1) is 7.11 Å². The summed E-state index contributed by atoms with van der Waals surface area (Å²) in [5.74, 6) is -0.789. The van der Waals surface area contributed by atoms with E-state index in [1.165, 1.54) is 31.2 Å². The lowest BCUT2D eigenvalue weighted by Crippen LogP contribution is -2.58. The van der Waals surface area contributed by atoms with E-state index in [4.69, 9.17) is 4.74 Å². The number of ether oxygens (including phenoxy) is 1. The zero-order valence-electron chi connectivity index (χ0n) is 22.1. The number of benzene rings is 2. The molecule has 3 atom stereocenters. The number of amides is 2. The van der Waals surface area contributed by atoms with Gasteiger partial charge in [-0.1, -0.05) is 42.5 Å². The first-order chi connectivity index (χ1) is 18.4. The Labute approximate surface area is 226 Å². The van der Waals surface area contributed by atoms with E-state index in [9.17, 15) is 33.0 Å². The number of rotatable bonds is 8. The maximum absolute atomic E-state index is 14.1. The lowest BCUT2D eigenvalue weighted by molar-refractivity contribution is -0.262. The maximum atomic E-state index is 14.1. The van der Waals surface area contributed by atoms with E-state index >= 15 is 0 Å². The average molecular weight is 549 g/mol. The molecular formula is C29H35F3N2O5.